The molecule has 4 nitrogen and oxygen atoms in total. The van der Waals surface area contributed by atoms with Crippen LogP contribution in [-0.2, 0) is 0 Å². The largest absolute Gasteiger partial charge is 0.255 e. The fourth-order valence-corrected chi connectivity index (χ4v) is 3.65. The summed E-state index contributed by atoms with van der Waals surface area (Å²) < 4.78 is 0. The highest BCUT2D eigenvalue weighted by atomic mass is 32.2. The van der Waals surface area contributed by atoms with E-state index >= 15 is 0 Å². The van der Waals surface area contributed by atoms with Gasteiger partial charge < -0.3 is 0 Å². The van der Waals surface area contributed by atoms with Crippen LogP contribution in [0.2, 0.25) is 0 Å². The molecular weight excluding hydrogens is 364 g/mol. The number of rotatable bonds is 5. The van der Waals surface area contributed by atoms with Crippen LogP contribution in [0.15, 0.2) is 78.0 Å². The van der Waals surface area contributed by atoms with E-state index in [2.05, 4.69) is 42.0 Å². The Balaban J connectivity index is 1.81. The van der Waals surface area contributed by atoms with E-state index in [0.717, 1.165) is 50.4 Å². The summed E-state index contributed by atoms with van der Waals surface area (Å²) in [6, 6.07) is 20.0. The maximum Gasteiger partial charge on any atom is 0.0905 e. The van der Waals surface area contributed by atoms with E-state index in [9.17, 15) is 0 Å². The average molecular weight is 385 g/mol. The van der Waals surface area contributed by atoms with Gasteiger partial charge in [-0.25, -0.2) is 9.97 Å². The molecule has 4 rings (SSSR count). The molecule has 0 bridgehead atoms. The lowest BCUT2D eigenvalue weighted by Gasteiger charge is -2.09. The summed E-state index contributed by atoms with van der Waals surface area (Å²) in [5.41, 5.74) is 6.26. The second-order valence-electron chi connectivity index (χ2n) is 6.35. The molecule has 4 aromatic rings. The number of nitrogens with zero attached hydrogens (tertiary/aromatic N) is 4. The van der Waals surface area contributed by atoms with Gasteiger partial charge in [0.25, 0.3) is 0 Å². The third kappa shape index (κ3) is 4.10. The molecule has 0 fully saturated rings. The van der Waals surface area contributed by atoms with Gasteiger partial charge in [-0.05, 0) is 66.8 Å². The first-order chi connectivity index (χ1) is 13.7. The smallest absolute Gasteiger partial charge is 0.0905 e. The molecule has 0 N–H and O–H groups in total. The van der Waals surface area contributed by atoms with Crippen LogP contribution in [0.25, 0.3) is 34.2 Å². The highest BCUT2D eigenvalue weighted by molar-refractivity contribution is 7.99. The zero-order chi connectivity index (χ0) is 19.3. The van der Waals surface area contributed by atoms with Crippen molar-refractivity contribution in [3.63, 3.8) is 0 Å². The molecular formula is C23H20N4S. The van der Waals surface area contributed by atoms with E-state index in [1.54, 1.807) is 18.0 Å². The van der Waals surface area contributed by atoms with E-state index < -0.39 is 0 Å². The SMILES string of the molecule is CCSc1cc(-c2cc(C)ccn2)nc(-c2cccc(-c3ccccn3)n2)c1. The fraction of sp³-hybridized carbons (Fsp3) is 0.130. The van der Waals surface area contributed by atoms with Crippen molar-refractivity contribution < 1.29 is 0 Å². The normalized spacial score (nSPS) is 10.8. The lowest BCUT2D eigenvalue weighted by Crippen LogP contribution is -1.95. The molecule has 0 aliphatic rings. The second kappa shape index (κ2) is 8.31. The summed E-state index contributed by atoms with van der Waals surface area (Å²) in [5, 5.41) is 0. The molecule has 0 spiro atoms. The van der Waals surface area contributed by atoms with Gasteiger partial charge in [-0.3, -0.25) is 9.97 Å². The van der Waals surface area contributed by atoms with Crippen LogP contribution < -0.4 is 0 Å². The van der Waals surface area contributed by atoms with Gasteiger partial charge >= 0.3 is 0 Å². The molecule has 5 heteroatoms. The predicted octanol–water partition coefficient (Wildman–Crippen LogP) is 5.69. The molecule has 28 heavy (non-hydrogen) atoms. The molecule has 0 amide bonds. The Kier molecular flexibility index (Phi) is 5.44. The summed E-state index contributed by atoms with van der Waals surface area (Å²) in [4.78, 5) is 19.8. The first-order valence-corrected chi connectivity index (χ1v) is 10.2. The van der Waals surface area contributed by atoms with E-state index in [4.69, 9.17) is 9.97 Å². The van der Waals surface area contributed by atoms with Gasteiger partial charge in [0.15, 0.2) is 0 Å². The minimum Gasteiger partial charge on any atom is -0.255 e. The third-order valence-corrected chi connectivity index (χ3v) is 5.08. The quantitative estimate of drug-likeness (QED) is 0.414. The molecule has 0 atom stereocenters. The molecule has 0 saturated heterocycles. The van der Waals surface area contributed by atoms with Crippen LogP contribution in [-0.4, -0.2) is 25.7 Å². The zero-order valence-electron chi connectivity index (χ0n) is 15.8. The number of aromatic nitrogens is 4. The van der Waals surface area contributed by atoms with Crippen molar-refractivity contribution in [2.24, 2.45) is 0 Å². The molecule has 138 valence electrons. The molecule has 4 aromatic heterocycles. The molecule has 0 aliphatic carbocycles. The van der Waals surface area contributed by atoms with Crippen molar-refractivity contribution in [1.82, 2.24) is 19.9 Å². The van der Waals surface area contributed by atoms with Crippen molar-refractivity contribution in [3.8, 4) is 34.2 Å². The summed E-state index contributed by atoms with van der Waals surface area (Å²) >= 11 is 1.79. The summed E-state index contributed by atoms with van der Waals surface area (Å²) in [5.74, 6) is 0.992. The van der Waals surface area contributed by atoms with Crippen molar-refractivity contribution >= 4 is 11.8 Å². The Morgan fingerprint density at radius 2 is 1.36 bits per heavy atom. The van der Waals surface area contributed by atoms with Crippen LogP contribution >= 0.6 is 11.8 Å². The van der Waals surface area contributed by atoms with Gasteiger partial charge in [-0.1, -0.05) is 19.1 Å². The first kappa shape index (κ1) is 18.3. The standard InChI is InChI=1S/C23H20N4S/c1-3-28-17-14-22(27-23(15-17)21-13-16(2)10-12-25-21)20-9-6-8-19(26-20)18-7-4-5-11-24-18/h4-15H,3H2,1-2H3. The van der Waals surface area contributed by atoms with E-state index in [-0.39, 0.29) is 0 Å². The molecule has 0 radical (unpaired) electrons. The van der Waals surface area contributed by atoms with E-state index in [1.807, 2.05) is 48.7 Å². The third-order valence-electron chi connectivity index (χ3n) is 4.23. The highest BCUT2D eigenvalue weighted by Crippen LogP contribution is 2.29. The van der Waals surface area contributed by atoms with Crippen molar-refractivity contribution in [1.29, 1.82) is 0 Å². The number of pyridine rings is 4. The predicted molar refractivity (Wildman–Crippen MR) is 115 cm³/mol. The first-order valence-electron chi connectivity index (χ1n) is 9.19. The maximum atomic E-state index is 4.87. The summed E-state index contributed by atoms with van der Waals surface area (Å²) in [6.07, 6.45) is 3.60. The second-order valence-corrected chi connectivity index (χ2v) is 7.69. The molecule has 4 heterocycles. The average Bonchev–Trinajstić information content (AvgIpc) is 2.74. The molecule has 0 saturated carbocycles. The van der Waals surface area contributed by atoms with Gasteiger partial charge in [-0.15, -0.1) is 11.8 Å². The van der Waals surface area contributed by atoms with Crippen LogP contribution in [0.3, 0.4) is 0 Å². The van der Waals surface area contributed by atoms with Gasteiger partial charge in [0.1, 0.15) is 0 Å². The van der Waals surface area contributed by atoms with Crippen molar-refractivity contribution in [2.45, 2.75) is 18.7 Å². The summed E-state index contributed by atoms with van der Waals surface area (Å²) in [6.45, 7) is 4.21. The Morgan fingerprint density at radius 3 is 2.07 bits per heavy atom. The van der Waals surface area contributed by atoms with Crippen LogP contribution in [0.1, 0.15) is 12.5 Å². The van der Waals surface area contributed by atoms with Gasteiger partial charge in [0.05, 0.1) is 34.2 Å². The number of thioether (sulfide) groups is 1. The lowest BCUT2D eigenvalue weighted by molar-refractivity contribution is 1.18. The van der Waals surface area contributed by atoms with E-state index in [1.165, 1.54) is 0 Å². The fourth-order valence-electron chi connectivity index (χ4n) is 2.93. The molecule has 0 unspecified atom stereocenters. The molecule has 0 aliphatic heterocycles. The zero-order valence-corrected chi connectivity index (χ0v) is 16.6. The minimum atomic E-state index is 0.829. The summed E-state index contributed by atoms with van der Waals surface area (Å²) in [7, 11) is 0. The number of hydrogen-bond acceptors (Lipinski definition) is 5. The van der Waals surface area contributed by atoms with E-state index in [0.29, 0.717) is 0 Å². The number of hydrogen-bond donors (Lipinski definition) is 0. The minimum absolute atomic E-state index is 0.829. The van der Waals surface area contributed by atoms with Gasteiger partial charge in [0.2, 0.25) is 0 Å². The Bertz CT molecular complexity index is 1100. The van der Waals surface area contributed by atoms with Crippen molar-refractivity contribution in [3.05, 3.63) is 78.6 Å². The van der Waals surface area contributed by atoms with Gasteiger partial charge in [0, 0.05) is 17.3 Å². The van der Waals surface area contributed by atoms with Crippen LogP contribution in [0, 0.1) is 6.92 Å². The van der Waals surface area contributed by atoms with Crippen LogP contribution in [0.4, 0.5) is 0 Å². The monoisotopic (exact) mass is 384 g/mol. The van der Waals surface area contributed by atoms with Crippen molar-refractivity contribution in [2.75, 3.05) is 5.75 Å². The Morgan fingerprint density at radius 1 is 0.679 bits per heavy atom. The Labute approximate surface area is 169 Å². The highest BCUT2D eigenvalue weighted by Gasteiger charge is 2.11. The lowest BCUT2D eigenvalue weighted by atomic mass is 10.1. The Hall–Kier alpha value is -3.05. The van der Waals surface area contributed by atoms with Crippen LogP contribution in [0.5, 0.6) is 0 Å². The molecule has 0 aromatic carbocycles. The topological polar surface area (TPSA) is 51.6 Å². The van der Waals surface area contributed by atoms with Gasteiger partial charge in [-0.2, -0.15) is 0 Å². The maximum absolute atomic E-state index is 4.87. The number of aryl methyl sites for hydroxylation is 1.